The maximum absolute atomic E-state index is 9.91. The Labute approximate surface area is 114 Å². The summed E-state index contributed by atoms with van der Waals surface area (Å²) in [6.07, 6.45) is -6.68. The first-order valence-electron chi connectivity index (χ1n) is 5.73. The van der Waals surface area contributed by atoms with Crippen molar-refractivity contribution in [3.8, 4) is 0 Å². The number of rotatable bonds is 6. The van der Waals surface area contributed by atoms with Crippen LogP contribution in [0.5, 0.6) is 0 Å². The molecule has 0 bridgehead atoms. The molecule has 0 saturated carbocycles. The third kappa shape index (κ3) is 4.24. The fourth-order valence-corrected chi connectivity index (χ4v) is 4.55. The lowest BCUT2D eigenvalue weighted by atomic mass is 10.0. The van der Waals surface area contributed by atoms with Crippen LogP contribution in [-0.2, 0) is 0 Å². The zero-order valence-corrected chi connectivity index (χ0v) is 11.4. The van der Waals surface area contributed by atoms with E-state index >= 15 is 0 Å². The molecule has 0 aromatic rings. The van der Waals surface area contributed by atoms with Crippen LogP contribution in [0.4, 0.5) is 0 Å². The van der Waals surface area contributed by atoms with Crippen LogP contribution in [-0.4, -0.2) is 83.9 Å². The van der Waals surface area contributed by atoms with Crippen LogP contribution in [0.3, 0.4) is 0 Å². The van der Waals surface area contributed by atoms with Gasteiger partial charge in [0.2, 0.25) is 0 Å². The molecule has 108 valence electrons. The number of thioether (sulfide) groups is 2. The van der Waals surface area contributed by atoms with Crippen LogP contribution < -0.4 is 0 Å². The third-order valence-corrected chi connectivity index (χ3v) is 5.84. The molecule has 8 heteroatoms. The maximum Gasteiger partial charge on any atom is 0.111 e. The van der Waals surface area contributed by atoms with Crippen LogP contribution in [0.2, 0.25) is 0 Å². The lowest BCUT2D eigenvalue weighted by Gasteiger charge is -2.33. The summed E-state index contributed by atoms with van der Waals surface area (Å²) in [5.74, 6) is 1.75. The van der Waals surface area contributed by atoms with E-state index in [9.17, 15) is 25.5 Å². The summed E-state index contributed by atoms with van der Waals surface area (Å²) in [6, 6.07) is 0. The maximum atomic E-state index is 9.91. The largest absolute Gasteiger partial charge is 0.394 e. The molecule has 1 rings (SSSR count). The van der Waals surface area contributed by atoms with Crippen molar-refractivity contribution < 1.29 is 30.6 Å². The van der Waals surface area contributed by atoms with Crippen LogP contribution in [0.15, 0.2) is 0 Å². The summed E-state index contributed by atoms with van der Waals surface area (Å²) < 4.78 is -0.262. The summed E-state index contributed by atoms with van der Waals surface area (Å²) >= 11 is 2.98. The normalized spacial score (nSPS) is 26.3. The van der Waals surface area contributed by atoms with Crippen LogP contribution in [0, 0.1) is 0 Å². The lowest BCUT2D eigenvalue weighted by Crippen LogP contribution is -2.52. The highest BCUT2D eigenvalue weighted by Crippen LogP contribution is 2.34. The standard InChI is InChI=1S/C10H20O6S2/c11-4-5(12)6(13)7(14)8(15)9(16)10-17-2-1-3-18-10/h5-16H,1-4H2/t5-,6-,7+,8-,9?/m1/s1. The van der Waals surface area contributed by atoms with E-state index < -0.39 is 37.1 Å². The van der Waals surface area contributed by atoms with Gasteiger partial charge >= 0.3 is 0 Å². The van der Waals surface area contributed by atoms with Crippen LogP contribution in [0.1, 0.15) is 6.42 Å². The minimum atomic E-state index is -1.70. The highest BCUT2D eigenvalue weighted by atomic mass is 32.2. The van der Waals surface area contributed by atoms with Gasteiger partial charge in [-0.25, -0.2) is 0 Å². The topological polar surface area (TPSA) is 121 Å². The van der Waals surface area contributed by atoms with Gasteiger partial charge in [0.15, 0.2) is 0 Å². The monoisotopic (exact) mass is 300 g/mol. The van der Waals surface area contributed by atoms with Crippen molar-refractivity contribution in [1.29, 1.82) is 0 Å². The first kappa shape index (κ1) is 16.5. The number of hydrogen-bond donors (Lipinski definition) is 6. The molecule has 0 aliphatic carbocycles. The molecule has 18 heavy (non-hydrogen) atoms. The molecule has 0 amide bonds. The molecule has 6 nitrogen and oxygen atoms in total. The van der Waals surface area contributed by atoms with Crippen LogP contribution in [0.25, 0.3) is 0 Å². The average molecular weight is 300 g/mol. The van der Waals surface area contributed by atoms with E-state index in [1.807, 2.05) is 0 Å². The molecule has 1 unspecified atom stereocenters. The minimum absolute atomic E-state index is 0.262. The fraction of sp³-hybridized carbons (Fsp3) is 1.00. The summed E-state index contributed by atoms with van der Waals surface area (Å²) in [4.78, 5) is 0. The van der Waals surface area contributed by atoms with E-state index in [2.05, 4.69) is 0 Å². The molecule has 1 saturated heterocycles. The molecule has 0 radical (unpaired) electrons. The Morgan fingerprint density at radius 3 is 1.94 bits per heavy atom. The number of hydrogen-bond acceptors (Lipinski definition) is 8. The van der Waals surface area contributed by atoms with Crippen molar-refractivity contribution in [2.45, 2.75) is 41.5 Å². The Balaban J connectivity index is 2.53. The average Bonchev–Trinajstić information content (AvgIpc) is 2.44. The zero-order valence-electron chi connectivity index (χ0n) is 9.79. The van der Waals surface area contributed by atoms with Crippen molar-refractivity contribution in [1.82, 2.24) is 0 Å². The van der Waals surface area contributed by atoms with Gasteiger partial charge in [-0.2, -0.15) is 0 Å². The van der Waals surface area contributed by atoms with Crippen molar-refractivity contribution >= 4 is 23.5 Å². The van der Waals surface area contributed by atoms with Crippen molar-refractivity contribution in [3.05, 3.63) is 0 Å². The molecule has 6 N–H and O–H groups in total. The molecular formula is C10H20O6S2. The van der Waals surface area contributed by atoms with E-state index in [-0.39, 0.29) is 4.58 Å². The quantitative estimate of drug-likeness (QED) is 0.332. The van der Waals surface area contributed by atoms with Crippen molar-refractivity contribution in [3.63, 3.8) is 0 Å². The smallest absolute Gasteiger partial charge is 0.111 e. The zero-order chi connectivity index (χ0) is 13.7. The summed E-state index contributed by atoms with van der Waals surface area (Å²) in [6.45, 7) is -0.728. The molecular weight excluding hydrogens is 280 g/mol. The van der Waals surface area contributed by atoms with Gasteiger partial charge in [0.1, 0.15) is 30.5 Å². The lowest BCUT2D eigenvalue weighted by molar-refractivity contribution is -0.137. The predicted molar refractivity (Wildman–Crippen MR) is 70.4 cm³/mol. The van der Waals surface area contributed by atoms with Gasteiger partial charge in [0.25, 0.3) is 0 Å². The van der Waals surface area contributed by atoms with Crippen molar-refractivity contribution in [2.75, 3.05) is 18.1 Å². The third-order valence-electron chi connectivity index (χ3n) is 2.76. The highest BCUT2D eigenvalue weighted by Gasteiger charge is 2.38. The summed E-state index contributed by atoms with van der Waals surface area (Å²) in [5, 5.41) is 56.6. The summed E-state index contributed by atoms with van der Waals surface area (Å²) in [5.41, 5.74) is 0. The second-order valence-corrected chi connectivity index (χ2v) is 6.97. The van der Waals surface area contributed by atoms with E-state index in [1.54, 1.807) is 0 Å². The first-order valence-corrected chi connectivity index (χ1v) is 7.83. The predicted octanol–water partition coefficient (Wildman–Crippen LogP) is -2.02. The van der Waals surface area contributed by atoms with Gasteiger partial charge in [-0.1, -0.05) is 0 Å². The summed E-state index contributed by atoms with van der Waals surface area (Å²) in [7, 11) is 0. The second kappa shape index (κ2) is 7.91. The molecule has 1 aliphatic rings. The van der Waals surface area contributed by atoms with E-state index in [1.165, 1.54) is 23.5 Å². The Morgan fingerprint density at radius 1 is 0.889 bits per heavy atom. The van der Waals surface area contributed by atoms with Gasteiger partial charge < -0.3 is 30.6 Å². The highest BCUT2D eigenvalue weighted by molar-refractivity contribution is 8.17. The van der Waals surface area contributed by atoms with Crippen molar-refractivity contribution in [2.24, 2.45) is 0 Å². The van der Waals surface area contributed by atoms with E-state index in [0.29, 0.717) is 0 Å². The van der Waals surface area contributed by atoms with Crippen LogP contribution >= 0.6 is 23.5 Å². The Hall–Kier alpha value is 0.460. The second-order valence-electron chi connectivity index (χ2n) is 4.18. The van der Waals surface area contributed by atoms with Gasteiger partial charge in [-0.15, -0.1) is 23.5 Å². The Kier molecular flexibility index (Phi) is 7.25. The Morgan fingerprint density at radius 2 is 1.44 bits per heavy atom. The Bertz CT molecular complexity index is 230. The molecule has 0 spiro atoms. The molecule has 1 heterocycles. The molecule has 0 aromatic heterocycles. The van der Waals surface area contributed by atoms with Gasteiger partial charge in [0.05, 0.1) is 11.2 Å². The first-order chi connectivity index (χ1) is 8.49. The molecule has 5 atom stereocenters. The molecule has 1 aliphatic heterocycles. The molecule has 1 fully saturated rings. The van der Waals surface area contributed by atoms with E-state index in [0.717, 1.165) is 17.9 Å². The number of aliphatic hydroxyl groups is 6. The van der Waals surface area contributed by atoms with Gasteiger partial charge in [0, 0.05) is 0 Å². The van der Waals surface area contributed by atoms with Gasteiger partial charge in [-0.3, -0.25) is 0 Å². The molecule has 0 aromatic carbocycles. The van der Waals surface area contributed by atoms with Gasteiger partial charge in [-0.05, 0) is 17.9 Å². The number of aliphatic hydroxyl groups excluding tert-OH is 6. The SMILES string of the molecule is OC[C@@H](O)[C@@H](O)[C@H](O)[C@@H](O)C(O)C1SCCCS1. The minimum Gasteiger partial charge on any atom is -0.394 e. The fourth-order valence-electron chi connectivity index (χ4n) is 1.60. The van der Waals surface area contributed by atoms with E-state index in [4.69, 9.17) is 5.11 Å².